The van der Waals surface area contributed by atoms with Crippen LogP contribution in [-0.4, -0.2) is 20.9 Å². The van der Waals surface area contributed by atoms with Crippen molar-refractivity contribution in [1.29, 1.82) is 0 Å². The number of carbonyl (C=O) groups is 1. The molecule has 1 N–H and O–H groups in total. The molecule has 3 aromatic rings. The minimum Gasteiger partial charge on any atom is -0.340 e. The lowest BCUT2D eigenvalue weighted by Crippen LogP contribution is -2.40. The first kappa shape index (κ1) is 26.0. The van der Waals surface area contributed by atoms with Crippen molar-refractivity contribution < 1.29 is 13.2 Å². The van der Waals surface area contributed by atoms with E-state index in [2.05, 4.69) is 71.7 Å². The number of terminal acetylenes is 1. The van der Waals surface area contributed by atoms with Gasteiger partial charge in [0.15, 0.2) is 0 Å². The zero-order valence-electron chi connectivity index (χ0n) is 20.1. The van der Waals surface area contributed by atoms with Crippen molar-refractivity contribution in [3.05, 3.63) is 86.3 Å². The maximum atomic E-state index is 12.9. The van der Waals surface area contributed by atoms with E-state index in [4.69, 9.17) is 6.42 Å². The van der Waals surface area contributed by atoms with E-state index in [1.807, 2.05) is 12.1 Å². The van der Waals surface area contributed by atoms with Gasteiger partial charge in [0.2, 0.25) is 5.91 Å². The van der Waals surface area contributed by atoms with Gasteiger partial charge in [-0.3, -0.25) is 4.79 Å². The Hall–Kier alpha value is -2.60. The molecular formula is C29H26Br2N2O3S. The van der Waals surface area contributed by atoms with Crippen LogP contribution in [0.4, 0.5) is 11.4 Å². The van der Waals surface area contributed by atoms with Crippen LogP contribution in [0.15, 0.2) is 74.5 Å². The largest absolute Gasteiger partial charge is 0.340 e. The zero-order chi connectivity index (χ0) is 26.2. The molecule has 0 unspecified atom stereocenters. The van der Waals surface area contributed by atoms with Gasteiger partial charge in [0.25, 0.3) is 10.0 Å². The highest BCUT2D eigenvalue weighted by Gasteiger charge is 2.44. The van der Waals surface area contributed by atoms with Gasteiger partial charge in [-0.1, -0.05) is 57.0 Å². The van der Waals surface area contributed by atoms with Crippen molar-refractivity contribution in [2.45, 2.75) is 48.8 Å². The Morgan fingerprint density at radius 3 is 2.03 bits per heavy atom. The second-order valence-corrected chi connectivity index (χ2v) is 13.1. The molecule has 2 aliphatic rings. The second-order valence-electron chi connectivity index (χ2n) is 9.56. The summed E-state index contributed by atoms with van der Waals surface area (Å²) in [7, 11) is -3.99. The molecule has 0 bridgehead atoms. The monoisotopic (exact) mass is 640 g/mol. The highest BCUT2D eigenvalue weighted by atomic mass is 79.9. The standard InChI is InChI=1S/C29H26Br2N2O3S/c1-2-20-6-10-23(11-7-20)37(35,36)32-28(34)14-17-33-26-12-8-21(30)18-24(26)29(15-4-3-5-16-29)25-19-22(31)9-13-27(25)33/h1,6-13,18-19H,3-5,14-17H2,(H,32,34). The molecule has 1 heterocycles. The van der Waals surface area contributed by atoms with Gasteiger partial charge in [-0.25, -0.2) is 13.1 Å². The van der Waals surface area contributed by atoms with Crippen LogP contribution >= 0.6 is 31.9 Å². The fraction of sp³-hybridized carbons (Fsp3) is 0.276. The molecule has 0 saturated heterocycles. The summed E-state index contributed by atoms with van der Waals surface area (Å²) in [5.74, 6) is 1.90. The first-order chi connectivity index (χ1) is 17.7. The summed E-state index contributed by atoms with van der Waals surface area (Å²) in [5.41, 5.74) is 5.15. The molecule has 3 aromatic carbocycles. The fourth-order valence-electron chi connectivity index (χ4n) is 5.67. The Balaban J connectivity index is 1.44. The van der Waals surface area contributed by atoms with Crippen molar-refractivity contribution in [3.63, 3.8) is 0 Å². The van der Waals surface area contributed by atoms with Crippen molar-refractivity contribution in [2.24, 2.45) is 0 Å². The van der Waals surface area contributed by atoms with Gasteiger partial charge >= 0.3 is 0 Å². The van der Waals surface area contributed by atoms with E-state index in [-0.39, 0.29) is 16.7 Å². The van der Waals surface area contributed by atoms with Crippen LogP contribution < -0.4 is 9.62 Å². The third kappa shape index (κ3) is 4.97. The van der Waals surface area contributed by atoms with Crippen molar-refractivity contribution in [2.75, 3.05) is 11.4 Å². The molecule has 1 spiro atoms. The average molecular weight is 642 g/mol. The molecule has 1 fully saturated rings. The molecule has 0 aromatic heterocycles. The number of carbonyl (C=O) groups excluding carboxylic acids is 1. The van der Waals surface area contributed by atoms with Gasteiger partial charge in [0, 0.05) is 44.3 Å². The third-order valence-electron chi connectivity index (χ3n) is 7.38. The van der Waals surface area contributed by atoms with Crippen LogP contribution in [0.1, 0.15) is 55.2 Å². The predicted molar refractivity (Wildman–Crippen MR) is 153 cm³/mol. The second kappa shape index (κ2) is 10.3. The van der Waals surface area contributed by atoms with Gasteiger partial charge in [0.1, 0.15) is 0 Å². The van der Waals surface area contributed by atoms with Gasteiger partial charge in [-0.15, -0.1) is 6.42 Å². The molecule has 1 aliphatic heterocycles. The molecular weight excluding hydrogens is 616 g/mol. The van der Waals surface area contributed by atoms with E-state index < -0.39 is 15.9 Å². The number of nitrogens with zero attached hydrogens (tertiary/aromatic N) is 1. The number of anilines is 2. The lowest BCUT2D eigenvalue weighted by molar-refractivity contribution is -0.119. The molecule has 190 valence electrons. The first-order valence-electron chi connectivity index (χ1n) is 12.2. The molecule has 37 heavy (non-hydrogen) atoms. The van der Waals surface area contributed by atoms with E-state index in [0.717, 1.165) is 33.2 Å². The molecule has 5 rings (SSSR count). The number of hydrogen-bond donors (Lipinski definition) is 1. The normalized spacial score (nSPS) is 16.0. The van der Waals surface area contributed by atoms with Gasteiger partial charge < -0.3 is 4.90 Å². The molecule has 0 atom stereocenters. The van der Waals surface area contributed by atoms with Crippen molar-refractivity contribution in [3.8, 4) is 12.3 Å². The number of fused-ring (bicyclic) bond motifs is 4. The minimum absolute atomic E-state index is 0.00227. The van der Waals surface area contributed by atoms with E-state index in [1.54, 1.807) is 0 Å². The number of sulfonamides is 1. The lowest BCUT2D eigenvalue weighted by atomic mass is 9.63. The maximum Gasteiger partial charge on any atom is 0.264 e. The Kier molecular flexibility index (Phi) is 7.23. The highest BCUT2D eigenvalue weighted by molar-refractivity contribution is 9.10. The summed E-state index contributed by atoms with van der Waals surface area (Å²) < 4.78 is 29.8. The predicted octanol–water partition coefficient (Wildman–Crippen LogP) is 6.79. The van der Waals surface area contributed by atoms with Crippen LogP contribution in [0.25, 0.3) is 0 Å². The Bertz CT molecular complexity index is 1450. The fourth-order valence-corrected chi connectivity index (χ4v) is 7.40. The number of rotatable bonds is 5. The highest BCUT2D eigenvalue weighted by Crippen LogP contribution is 2.56. The van der Waals surface area contributed by atoms with Crippen LogP contribution in [0.3, 0.4) is 0 Å². The van der Waals surface area contributed by atoms with E-state index in [1.165, 1.54) is 54.7 Å². The summed E-state index contributed by atoms with van der Waals surface area (Å²) in [5, 5.41) is 0. The number of nitrogens with one attached hydrogen (secondary N) is 1. The molecule has 0 radical (unpaired) electrons. The van der Waals surface area contributed by atoms with Crippen molar-refractivity contribution in [1.82, 2.24) is 4.72 Å². The number of halogens is 2. The Morgan fingerprint density at radius 1 is 0.919 bits per heavy atom. The first-order valence-corrected chi connectivity index (χ1v) is 15.3. The topological polar surface area (TPSA) is 66.5 Å². The summed E-state index contributed by atoms with van der Waals surface area (Å²) in [6.07, 6.45) is 11.1. The summed E-state index contributed by atoms with van der Waals surface area (Å²) in [6.45, 7) is 0.344. The number of benzene rings is 3. The van der Waals surface area contributed by atoms with Crippen LogP contribution in [0, 0.1) is 12.3 Å². The SMILES string of the molecule is C#Cc1ccc(S(=O)(=O)NC(=O)CCN2c3ccc(Br)cc3C3(CCCCC3)c3cc(Br)ccc32)cc1. The average Bonchev–Trinajstić information content (AvgIpc) is 2.89. The zero-order valence-corrected chi connectivity index (χ0v) is 24.1. The molecule has 1 aliphatic carbocycles. The molecule has 5 nitrogen and oxygen atoms in total. The van der Waals surface area contributed by atoms with E-state index >= 15 is 0 Å². The maximum absolute atomic E-state index is 12.9. The quantitative estimate of drug-likeness (QED) is 0.312. The third-order valence-corrected chi connectivity index (χ3v) is 9.75. The van der Waals surface area contributed by atoms with Crippen molar-refractivity contribution >= 4 is 59.2 Å². The van der Waals surface area contributed by atoms with Gasteiger partial charge in [-0.2, -0.15) is 0 Å². The summed E-state index contributed by atoms with van der Waals surface area (Å²) in [6, 6.07) is 18.6. The minimum atomic E-state index is -3.99. The number of amides is 1. The van der Waals surface area contributed by atoms with E-state index in [9.17, 15) is 13.2 Å². The molecule has 8 heteroatoms. The lowest BCUT2D eigenvalue weighted by Gasteiger charge is -2.47. The Labute approximate surface area is 235 Å². The molecule has 1 amide bonds. The van der Waals surface area contributed by atoms with Crippen LogP contribution in [-0.2, 0) is 20.2 Å². The smallest absolute Gasteiger partial charge is 0.264 e. The number of hydrogen-bond acceptors (Lipinski definition) is 4. The summed E-state index contributed by atoms with van der Waals surface area (Å²) >= 11 is 7.34. The van der Waals surface area contributed by atoms with Gasteiger partial charge in [-0.05, 0) is 84.6 Å². The van der Waals surface area contributed by atoms with Gasteiger partial charge in [0.05, 0.1) is 4.90 Å². The molecule has 1 saturated carbocycles. The Morgan fingerprint density at radius 2 is 1.49 bits per heavy atom. The van der Waals surface area contributed by atoms with Crippen LogP contribution in [0.2, 0.25) is 0 Å². The van der Waals surface area contributed by atoms with Crippen LogP contribution in [0.5, 0.6) is 0 Å². The van der Waals surface area contributed by atoms with E-state index in [0.29, 0.717) is 12.1 Å². The summed E-state index contributed by atoms with van der Waals surface area (Å²) in [4.78, 5) is 15.0.